The van der Waals surface area contributed by atoms with E-state index in [1.807, 2.05) is 0 Å². The topological polar surface area (TPSA) is 12.4 Å². The summed E-state index contributed by atoms with van der Waals surface area (Å²) < 4.78 is 37.0. The van der Waals surface area contributed by atoms with Gasteiger partial charge >= 0.3 is 6.18 Å². The molecule has 2 nitrogen and oxygen atoms in total. The smallest absolute Gasteiger partial charge is 0.223 e. The molecule has 1 unspecified atom stereocenters. The number of rotatable bonds is 0. The lowest BCUT2D eigenvalue weighted by molar-refractivity contribution is -0.704. The number of amidine groups is 1. The normalized spacial score (nSPS) is 30.0. The molecule has 5 heteroatoms. The van der Waals surface area contributed by atoms with Crippen molar-refractivity contribution in [2.75, 3.05) is 7.05 Å². The summed E-state index contributed by atoms with van der Waals surface area (Å²) in [6.45, 7) is 0. The Morgan fingerprint density at radius 2 is 2.00 bits per heavy atom. The Morgan fingerprint density at radius 1 is 1.29 bits per heavy atom. The molecule has 0 N–H and O–H groups in total. The van der Waals surface area contributed by atoms with Gasteiger partial charge in [-0.15, -0.1) is 0 Å². The maximum atomic E-state index is 12.3. The van der Waals surface area contributed by atoms with Gasteiger partial charge in [0.2, 0.25) is 11.5 Å². The number of likely N-dealkylation sites (N-methyl/N-ethyl adjacent to an activating group) is 1. The SMILES string of the molecule is C[N+]12C=CC=CC1=NC(C(F)(F)F)=C2. The molecule has 14 heavy (non-hydrogen) atoms. The van der Waals surface area contributed by atoms with E-state index in [9.17, 15) is 13.2 Å². The Hall–Kier alpha value is -1.36. The summed E-state index contributed by atoms with van der Waals surface area (Å²) in [5, 5.41) is 0. The quantitative estimate of drug-likeness (QED) is 0.533. The van der Waals surface area contributed by atoms with Crippen molar-refractivity contribution < 1.29 is 17.7 Å². The van der Waals surface area contributed by atoms with Crippen LogP contribution in [0.25, 0.3) is 0 Å². The van der Waals surface area contributed by atoms with E-state index in [2.05, 4.69) is 4.99 Å². The number of hydrogen-bond donors (Lipinski definition) is 0. The minimum absolute atomic E-state index is 0.00859. The predicted octanol–water partition coefficient (Wildman–Crippen LogP) is 2.33. The number of nitrogens with zero attached hydrogens (tertiary/aromatic N) is 2. The van der Waals surface area contributed by atoms with Crippen LogP contribution in [0.3, 0.4) is 0 Å². The highest BCUT2D eigenvalue weighted by Crippen LogP contribution is 2.34. The van der Waals surface area contributed by atoms with E-state index >= 15 is 0 Å². The van der Waals surface area contributed by atoms with Gasteiger partial charge in [0.25, 0.3) is 0 Å². The third-order valence-electron chi connectivity index (χ3n) is 2.16. The standard InChI is InChI=1S/C9H8F3N2/c1-14-5-3-2-4-8(14)13-7(6-14)9(10,11)12/h2-6H,1H3/q+1. The number of allylic oxidation sites excluding steroid dienone is 3. The van der Waals surface area contributed by atoms with Gasteiger partial charge in [-0.2, -0.15) is 18.2 Å². The Labute approximate surface area is 78.9 Å². The fourth-order valence-electron chi connectivity index (χ4n) is 1.40. The van der Waals surface area contributed by atoms with Crippen LogP contribution in [-0.2, 0) is 0 Å². The predicted molar refractivity (Wildman–Crippen MR) is 46.0 cm³/mol. The van der Waals surface area contributed by atoms with Gasteiger partial charge in [-0.25, -0.2) is 4.48 Å². The van der Waals surface area contributed by atoms with Crippen molar-refractivity contribution >= 4 is 5.84 Å². The van der Waals surface area contributed by atoms with Crippen LogP contribution in [0.2, 0.25) is 0 Å². The second-order valence-electron chi connectivity index (χ2n) is 3.33. The van der Waals surface area contributed by atoms with Gasteiger partial charge in [-0.3, -0.25) is 0 Å². The number of hydrogen-bond acceptors (Lipinski definition) is 1. The molecule has 0 saturated carbocycles. The van der Waals surface area contributed by atoms with E-state index in [0.717, 1.165) is 6.20 Å². The fourth-order valence-corrected chi connectivity index (χ4v) is 1.40. The molecule has 0 spiro atoms. The second-order valence-corrected chi connectivity index (χ2v) is 3.33. The van der Waals surface area contributed by atoms with Crippen molar-refractivity contribution in [3.63, 3.8) is 0 Å². The Bertz CT molecular complexity index is 387. The Kier molecular flexibility index (Phi) is 1.69. The summed E-state index contributed by atoms with van der Waals surface area (Å²) in [7, 11) is 1.65. The lowest BCUT2D eigenvalue weighted by Gasteiger charge is -2.22. The number of fused-ring (bicyclic) bond motifs is 1. The molecular formula is C9H8F3N2+. The number of alkyl halides is 3. The first-order chi connectivity index (χ1) is 6.42. The van der Waals surface area contributed by atoms with Gasteiger partial charge < -0.3 is 0 Å². The third-order valence-corrected chi connectivity index (χ3v) is 2.16. The Balaban J connectivity index is 2.45. The van der Waals surface area contributed by atoms with E-state index < -0.39 is 11.9 Å². The first kappa shape index (κ1) is 9.21. The zero-order valence-corrected chi connectivity index (χ0v) is 7.42. The van der Waals surface area contributed by atoms with Crippen LogP contribution < -0.4 is 0 Å². The average molecular weight is 201 g/mol. The van der Waals surface area contributed by atoms with Gasteiger partial charge in [0, 0.05) is 6.08 Å². The summed E-state index contributed by atoms with van der Waals surface area (Å²) in [5.41, 5.74) is -0.828. The molecule has 0 aromatic rings. The van der Waals surface area contributed by atoms with Crippen molar-refractivity contribution in [1.82, 2.24) is 0 Å². The Morgan fingerprint density at radius 3 is 2.57 bits per heavy atom. The lowest BCUT2D eigenvalue weighted by atomic mass is 10.3. The molecule has 0 aliphatic carbocycles. The van der Waals surface area contributed by atoms with Gasteiger partial charge in [0.15, 0.2) is 0 Å². The van der Waals surface area contributed by atoms with Crippen LogP contribution in [0, 0.1) is 0 Å². The fraction of sp³-hybridized carbons (Fsp3) is 0.222. The molecule has 0 saturated heterocycles. The molecule has 0 aromatic heterocycles. The first-order valence-electron chi connectivity index (χ1n) is 4.03. The van der Waals surface area contributed by atoms with Crippen molar-refractivity contribution in [2.24, 2.45) is 4.99 Å². The maximum Gasteiger partial charge on any atom is 0.438 e. The molecule has 0 fully saturated rings. The van der Waals surface area contributed by atoms with E-state index in [4.69, 9.17) is 0 Å². The highest BCUT2D eigenvalue weighted by molar-refractivity contribution is 5.91. The van der Waals surface area contributed by atoms with E-state index in [0.29, 0.717) is 5.84 Å². The number of aliphatic imine (C=N–C) groups is 1. The molecule has 0 radical (unpaired) electrons. The molecule has 2 rings (SSSR count). The molecule has 2 aliphatic rings. The highest BCUT2D eigenvalue weighted by atomic mass is 19.4. The second kappa shape index (κ2) is 2.57. The van der Waals surface area contributed by atoms with Crippen molar-refractivity contribution in [1.29, 1.82) is 0 Å². The van der Waals surface area contributed by atoms with Crippen LogP contribution in [0.1, 0.15) is 0 Å². The monoisotopic (exact) mass is 201 g/mol. The summed E-state index contributed by atoms with van der Waals surface area (Å²) in [6, 6.07) is 0. The summed E-state index contributed by atoms with van der Waals surface area (Å²) in [5.74, 6) is 0.389. The average Bonchev–Trinajstić information content (AvgIpc) is 2.40. The molecule has 2 aliphatic heterocycles. The van der Waals surface area contributed by atoms with Crippen molar-refractivity contribution in [2.45, 2.75) is 6.18 Å². The summed E-state index contributed by atoms with van der Waals surface area (Å²) in [4.78, 5) is 3.54. The molecule has 1 atom stereocenters. The van der Waals surface area contributed by atoms with Crippen LogP contribution in [0.5, 0.6) is 0 Å². The minimum Gasteiger partial charge on any atom is -0.223 e. The first-order valence-corrected chi connectivity index (χ1v) is 4.03. The van der Waals surface area contributed by atoms with Gasteiger partial charge in [-0.05, 0) is 12.2 Å². The molecule has 0 aromatic carbocycles. The number of quaternary nitrogens is 1. The van der Waals surface area contributed by atoms with Crippen molar-refractivity contribution in [3.8, 4) is 0 Å². The summed E-state index contributed by atoms with van der Waals surface area (Å²) in [6.07, 6.45) is 3.33. The van der Waals surface area contributed by atoms with Gasteiger partial charge in [0.1, 0.15) is 12.4 Å². The van der Waals surface area contributed by atoms with Crippen LogP contribution >= 0.6 is 0 Å². The summed E-state index contributed by atoms with van der Waals surface area (Å²) >= 11 is 0. The van der Waals surface area contributed by atoms with Crippen LogP contribution in [-0.4, -0.2) is 23.5 Å². The molecule has 0 bridgehead atoms. The van der Waals surface area contributed by atoms with E-state index in [1.165, 1.54) is 0 Å². The zero-order valence-electron chi connectivity index (χ0n) is 7.42. The van der Waals surface area contributed by atoms with Crippen molar-refractivity contribution in [3.05, 3.63) is 36.3 Å². The van der Waals surface area contributed by atoms with E-state index in [-0.39, 0.29) is 4.48 Å². The van der Waals surface area contributed by atoms with E-state index in [1.54, 1.807) is 31.5 Å². The third kappa shape index (κ3) is 1.29. The molecule has 0 amide bonds. The molecule has 2 heterocycles. The lowest BCUT2D eigenvalue weighted by Crippen LogP contribution is -2.36. The zero-order chi connectivity index (χ0) is 10.4. The highest BCUT2D eigenvalue weighted by Gasteiger charge is 2.44. The van der Waals surface area contributed by atoms with Crippen LogP contribution in [0.15, 0.2) is 41.3 Å². The van der Waals surface area contributed by atoms with Gasteiger partial charge in [-0.1, -0.05) is 0 Å². The molecule has 74 valence electrons. The van der Waals surface area contributed by atoms with Crippen LogP contribution in [0.4, 0.5) is 13.2 Å². The maximum absolute atomic E-state index is 12.3. The number of halogens is 3. The molecular weight excluding hydrogens is 193 g/mol. The van der Waals surface area contributed by atoms with Gasteiger partial charge in [0.05, 0.1) is 7.05 Å². The largest absolute Gasteiger partial charge is 0.438 e. The minimum atomic E-state index is -4.37.